The summed E-state index contributed by atoms with van der Waals surface area (Å²) in [4.78, 5) is 6.84. The quantitative estimate of drug-likeness (QED) is 0.754. The lowest BCUT2D eigenvalue weighted by atomic mass is 10.1. The van der Waals surface area contributed by atoms with Gasteiger partial charge in [-0.1, -0.05) is 6.42 Å². The Hall–Kier alpha value is -0.870. The third-order valence-corrected chi connectivity index (χ3v) is 3.12. The van der Waals surface area contributed by atoms with Gasteiger partial charge in [0.1, 0.15) is 0 Å². The van der Waals surface area contributed by atoms with Crippen molar-refractivity contribution in [3.05, 3.63) is 18.2 Å². The van der Waals surface area contributed by atoms with E-state index in [9.17, 15) is 0 Å². The maximum atomic E-state index is 4.29. The van der Waals surface area contributed by atoms with Crippen LogP contribution in [0.2, 0.25) is 0 Å². The van der Waals surface area contributed by atoms with Crippen LogP contribution in [0, 0.1) is 0 Å². The molecule has 4 nitrogen and oxygen atoms in total. The van der Waals surface area contributed by atoms with Gasteiger partial charge in [0.2, 0.25) is 0 Å². The Bertz CT molecular complexity index is 302. The first-order valence-corrected chi connectivity index (χ1v) is 6.24. The molecule has 0 saturated carbocycles. The molecule has 16 heavy (non-hydrogen) atoms. The van der Waals surface area contributed by atoms with Gasteiger partial charge in [0.25, 0.3) is 0 Å². The molecule has 0 atom stereocenters. The molecule has 0 radical (unpaired) electrons. The molecule has 1 N–H and O–H groups in total. The Morgan fingerprint density at radius 2 is 2.12 bits per heavy atom. The molecular formula is C12H22N4. The Morgan fingerprint density at radius 3 is 2.81 bits per heavy atom. The van der Waals surface area contributed by atoms with Crippen LogP contribution < -0.4 is 5.32 Å². The molecule has 0 spiro atoms. The molecular weight excluding hydrogens is 200 g/mol. The summed E-state index contributed by atoms with van der Waals surface area (Å²) >= 11 is 0. The Balaban J connectivity index is 1.57. The third-order valence-electron chi connectivity index (χ3n) is 3.12. The minimum absolute atomic E-state index is 0.884. The van der Waals surface area contributed by atoms with E-state index in [-0.39, 0.29) is 0 Å². The molecule has 2 heterocycles. The van der Waals surface area contributed by atoms with Crippen LogP contribution in [0.15, 0.2) is 12.5 Å². The summed E-state index contributed by atoms with van der Waals surface area (Å²) in [5.41, 5.74) is 1.13. The van der Waals surface area contributed by atoms with E-state index >= 15 is 0 Å². The number of aromatic nitrogens is 2. The van der Waals surface area contributed by atoms with Gasteiger partial charge in [0.05, 0.1) is 12.0 Å². The van der Waals surface area contributed by atoms with E-state index in [0.717, 1.165) is 18.8 Å². The molecule has 0 unspecified atom stereocenters. The SMILES string of the molecule is Cn1cnc(CNCCN2CCCCC2)c1. The summed E-state index contributed by atoms with van der Waals surface area (Å²) in [5.74, 6) is 0. The van der Waals surface area contributed by atoms with E-state index in [0.29, 0.717) is 0 Å². The van der Waals surface area contributed by atoms with Crippen LogP contribution in [-0.4, -0.2) is 40.6 Å². The normalized spacial score (nSPS) is 17.8. The number of imidazole rings is 1. The number of likely N-dealkylation sites (tertiary alicyclic amines) is 1. The van der Waals surface area contributed by atoms with Crippen molar-refractivity contribution in [3.8, 4) is 0 Å². The zero-order chi connectivity index (χ0) is 11.2. The molecule has 0 amide bonds. The first kappa shape index (κ1) is 11.6. The van der Waals surface area contributed by atoms with Crippen LogP contribution >= 0.6 is 0 Å². The van der Waals surface area contributed by atoms with Gasteiger partial charge in [-0.05, 0) is 25.9 Å². The topological polar surface area (TPSA) is 33.1 Å². The largest absolute Gasteiger partial charge is 0.340 e. The second-order valence-electron chi connectivity index (χ2n) is 4.61. The maximum absolute atomic E-state index is 4.29. The number of nitrogens with one attached hydrogen (secondary N) is 1. The highest BCUT2D eigenvalue weighted by atomic mass is 15.1. The molecule has 0 aromatic carbocycles. The van der Waals surface area contributed by atoms with Gasteiger partial charge in [-0.3, -0.25) is 0 Å². The molecule has 1 aromatic heterocycles. The Labute approximate surface area is 97.7 Å². The average Bonchev–Trinajstić information content (AvgIpc) is 2.72. The van der Waals surface area contributed by atoms with E-state index in [2.05, 4.69) is 21.4 Å². The first-order chi connectivity index (χ1) is 7.84. The summed E-state index contributed by atoms with van der Waals surface area (Å²) in [5, 5.41) is 3.44. The zero-order valence-electron chi connectivity index (χ0n) is 10.2. The summed E-state index contributed by atoms with van der Waals surface area (Å²) in [6.45, 7) is 5.69. The van der Waals surface area contributed by atoms with Crippen LogP contribution in [0.3, 0.4) is 0 Å². The highest BCUT2D eigenvalue weighted by Gasteiger charge is 2.08. The van der Waals surface area contributed by atoms with Gasteiger partial charge in [0.15, 0.2) is 0 Å². The van der Waals surface area contributed by atoms with E-state index in [1.807, 2.05) is 17.9 Å². The standard InChI is InChI=1S/C12H22N4/c1-15-10-12(14-11-15)9-13-5-8-16-6-3-2-4-7-16/h10-11,13H,2-9H2,1H3. The number of hydrogen-bond donors (Lipinski definition) is 1. The lowest BCUT2D eigenvalue weighted by Crippen LogP contribution is -2.35. The highest BCUT2D eigenvalue weighted by molar-refractivity contribution is 4.95. The molecule has 1 aromatic rings. The Kier molecular flexibility index (Phi) is 4.36. The van der Waals surface area contributed by atoms with Crippen LogP contribution in [-0.2, 0) is 13.6 Å². The summed E-state index contributed by atoms with van der Waals surface area (Å²) in [6, 6.07) is 0. The number of rotatable bonds is 5. The average molecular weight is 222 g/mol. The van der Waals surface area contributed by atoms with Gasteiger partial charge in [-0.25, -0.2) is 4.98 Å². The molecule has 2 rings (SSSR count). The lowest BCUT2D eigenvalue weighted by Gasteiger charge is -2.26. The number of aryl methyl sites for hydroxylation is 1. The predicted octanol–water partition coefficient (Wildman–Crippen LogP) is 0.996. The molecule has 90 valence electrons. The summed E-state index contributed by atoms with van der Waals surface area (Å²) in [7, 11) is 2.00. The molecule has 1 aliphatic heterocycles. The first-order valence-electron chi connectivity index (χ1n) is 6.24. The van der Waals surface area contributed by atoms with Crippen molar-refractivity contribution < 1.29 is 0 Å². The van der Waals surface area contributed by atoms with E-state index < -0.39 is 0 Å². The maximum Gasteiger partial charge on any atom is 0.0947 e. The summed E-state index contributed by atoms with van der Waals surface area (Å²) < 4.78 is 1.99. The van der Waals surface area contributed by atoms with E-state index in [4.69, 9.17) is 0 Å². The van der Waals surface area contributed by atoms with E-state index in [1.165, 1.54) is 38.9 Å². The van der Waals surface area contributed by atoms with Crippen molar-refractivity contribution in [2.24, 2.45) is 7.05 Å². The van der Waals surface area contributed by atoms with Gasteiger partial charge >= 0.3 is 0 Å². The number of hydrogen-bond acceptors (Lipinski definition) is 3. The van der Waals surface area contributed by atoms with Crippen LogP contribution in [0.25, 0.3) is 0 Å². The van der Waals surface area contributed by atoms with Crippen LogP contribution in [0.4, 0.5) is 0 Å². The van der Waals surface area contributed by atoms with Gasteiger partial charge in [-0.2, -0.15) is 0 Å². The second kappa shape index (κ2) is 6.01. The fraction of sp³-hybridized carbons (Fsp3) is 0.750. The van der Waals surface area contributed by atoms with Crippen molar-refractivity contribution in [3.63, 3.8) is 0 Å². The lowest BCUT2D eigenvalue weighted by molar-refractivity contribution is 0.229. The highest BCUT2D eigenvalue weighted by Crippen LogP contribution is 2.07. The van der Waals surface area contributed by atoms with Crippen molar-refractivity contribution in [1.82, 2.24) is 19.8 Å². The minimum Gasteiger partial charge on any atom is -0.340 e. The van der Waals surface area contributed by atoms with E-state index in [1.54, 1.807) is 0 Å². The van der Waals surface area contributed by atoms with Gasteiger partial charge < -0.3 is 14.8 Å². The molecule has 1 fully saturated rings. The predicted molar refractivity (Wildman–Crippen MR) is 65.2 cm³/mol. The molecule has 4 heteroatoms. The Morgan fingerprint density at radius 1 is 1.31 bits per heavy atom. The van der Waals surface area contributed by atoms with Crippen LogP contribution in [0.5, 0.6) is 0 Å². The van der Waals surface area contributed by atoms with Crippen molar-refractivity contribution in [1.29, 1.82) is 0 Å². The molecule has 1 aliphatic rings. The van der Waals surface area contributed by atoms with Crippen molar-refractivity contribution in [2.45, 2.75) is 25.8 Å². The third kappa shape index (κ3) is 3.61. The van der Waals surface area contributed by atoms with Gasteiger partial charge in [-0.15, -0.1) is 0 Å². The molecule has 1 saturated heterocycles. The fourth-order valence-corrected chi connectivity index (χ4v) is 2.19. The van der Waals surface area contributed by atoms with Crippen LogP contribution in [0.1, 0.15) is 25.0 Å². The fourth-order valence-electron chi connectivity index (χ4n) is 2.19. The smallest absolute Gasteiger partial charge is 0.0947 e. The monoisotopic (exact) mass is 222 g/mol. The van der Waals surface area contributed by atoms with Crippen molar-refractivity contribution in [2.75, 3.05) is 26.2 Å². The number of piperidine rings is 1. The summed E-state index contributed by atoms with van der Waals surface area (Å²) in [6.07, 6.45) is 8.08. The zero-order valence-corrected chi connectivity index (χ0v) is 10.2. The molecule has 0 bridgehead atoms. The van der Waals surface area contributed by atoms with Gasteiger partial charge in [0, 0.05) is 32.9 Å². The minimum atomic E-state index is 0.884. The van der Waals surface area contributed by atoms with Crippen molar-refractivity contribution >= 4 is 0 Å². The number of nitrogens with zero attached hydrogens (tertiary/aromatic N) is 3. The second-order valence-corrected chi connectivity index (χ2v) is 4.61. The molecule has 0 aliphatic carbocycles.